The number of fused-ring (bicyclic) bond motifs is 1. The Morgan fingerprint density at radius 3 is 2.53 bits per heavy atom. The van der Waals surface area contributed by atoms with E-state index in [1.165, 1.54) is 0 Å². The molecule has 7 heteroatoms. The fraction of sp³-hybridized carbons (Fsp3) is 0.391. The standard InChI is InChI=1S/C23H25N5O2/c29-22(25-18-8-9-18)17-10-13-27(14-11-17)21-23(30)28(15-16-5-2-1-3-6-16)20-19(26-21)7-4-12-24-20/h1-7,12,17-18H,8-11,13-15H2,(H,25,29). The molecule has 1 aliphatic heterocycles. The maximum atomic E-state index is 13.4. The Labute approximate surface area is 174 Å². The van der Waals surface area contributed by atoms with Gasteiger partial charge in [-0.25, -0.2) is 9.97 Å². The van der Waals surface area contributed by atoms with Gasteiger partial charge in [0.25, 0.3) is 5.56 Å². The van der Waals surface area contributed by atoms with Crippen molar-refractivity contribution in [1.82, 2.24) is 19.9 Å². The largest absolute Gasteiger partial charge is 0.353 e. The molecule has 0 atom stereocenters. The minimum absolute atomic E-state index is 0.0236. The molecule has 1 amide bonds. The summed E-state index contributed by atoms with van der Waals surface area (Å²) in [5.41, 5.74) is 2.20. The van der Waals surface area contributed by atoms with Crippen molar-refractivity contribution in [2.75, 3.05) is 18.0 Å². The van der Waals surface area contributed by atoms with Crippen LogP contribution in [0.2, 0.25) is 0 Å². The monoisotopic (exact) mass is 403 g/mol. The van der Waals surface area contributed by atoms with Gasteiger partial charge in [0.15, 0.2) is 11.5 Å². The maximum absolute atomic E-state index is 13.4. The molecule has 1 saturated heterocycles. The fourth-order valence-electron chi connectivity index (χ4n) is 4.08. The molecule has 5 rings (SSSR count). The van der Waals surface area contributed by atoms with Crippen molar-refractivity contribution in [1.29, 1.82) is 0 Å². The second kappa shape index (κ2) is 7.89. The molecule has 0 spiro atoms. The van der Waals surface area contributed by atoms with E-state index >= 15 is 0 Å². The second-order valence-corrected chi connectivity index (χ2v) is 8.20. The zero-order chi connectivity index (χ0) is 20.5. The number of benzene rings is 1. The van der Waals surface area contributed by atoms with Gasteiger partial charge in [0.05, 0.1) is 6.54 Å². The molecule has 2 aliphatic rings. The topological polar surface area (TPSA) is 80.1 Å². The first-order valence-corrected chi connectivity index (χ1v) is 10.6. The third-order valence-electron chi connectivity index (χ3n) is 5.96. The van der Waals surface area contributed by atoms with Crippen molar-refractivity contribution in [3.05, 3.63) is 64.6 Å². The summed E-state index contributed by atoms with van der Waals surface area (Å²) >= 11 is 0. The summed E-state index contributed by atoms with van der Waals surface area (Å²) in [5, 5.41) is 3.10. The highest BCUT2D eigenvalue weighted by atomic mass is 16.2. The highest BCUT2D eigenvalue weighted by Crippen LogP contribution is 2.24. The number of piperidine rings is 1. The van der Waals surface area contributed by atoms with E-state index in [-0.39, 0.29) is 17.4 Å². The molecule has 1 N–H and O–H groups in total. The molecule has 1 saturated carbocycles. The van der Waals surface area contributed by atoms with Gasteiger partial charge in [-0.3, -0.25) is 14.2 Å². The molecule has 154 valence electrons. The van der Waals surface area contributed by atoms with Crippen LogP contribution in [0.1, 0.15) is 31.2 Å². The van der Waals surface area contributed by atoms with Crippen LogP contribution in [0.15, 0.2) is 53.5 Å². The number of nitrogens with one attached hydrogen (secondary N) is 1. The fourth-order valence-corrected chi connectivity index (χ4v) is 4.08. The zero-order valence-electron chi connectivity index (χ0n) is 16.8. The van der Waals surface area contributed by atoms with Crippen molar-refractivity contribution in [2.24, 2.45) is 5.92 Å². The summed E-state index contributed by atoms with van der Waals surface area (Å²) in [5.74, 6) is 0.636. The molecule has 3 aromatic rings. The molecule has 2 aromatic heterocycles. The van der Waals surface area contributed by atoms with Gasteiger partial charge in [-0.2, -0.15) is 0 Å². The first-order valence-electron chi connectivity index (χ1n) is 10.6. The second-order valence-electron chi connectivity index (χ2n) is 8.20. The number of amides is 1. The Morgan fingerprint density at radius 2 is 1.80 bits per heavy atom. The Kier molecular flexibility index (Phi) is 4.94. The van der Waals surface area contributed by atoms with E-state index in [0.717, 1.165) is 31.2 Å². The molecular weight excluding hydrogens is 378 g/mol. The van der Waals surface area contributed by atoms with Gasteiger partial charge in [-0.15, -0.1) is 0 Å². The summed E-state index contributed by atoms with van der Waals surface area (Å²) < 4.78 is 1.71. The van der Waals surface area contributed by atoms with Gasteiger partial charge in [0.2, 0.25) is 5.91 Å². The van der Waals surface area contributed by atoms with E-state index in [1.807, 2.05) is 47.4 Å². The van der Waals surface area contributed by atoms with E-state index in [2.05, 4.69) is 15.3 Å². The number of carbonyl (C=O) groups is 1. The smallest absolute Gasteiger partial charge is 0.295 e. The first kappa shape index (κ1) is 18.8. The van der Waals surface area contributed by atoms with Crippen molar-refractivity contribution >= 4 is 22.9 Å². The highest BCUT2D eigenvalue weighted by Gasteiger charge is 2.31. The van der Waals surface area contributed by atoms with Crippen molar-refractivity contribution in [2.45, 2.75) is 38.3 Å². The number of anilines is 1. The summed E-state index contributed by atoms with van der Waals surface area (Å²) in [6.07, 6.45) is 5.36. The molecule has 7 nitrogen and oxygen atoms in total. The van der Waals surface area contributed by atoms with E-state index < -0.39 is 0 Å². The number of pyridine rings is 1. The maximum Gasteiger partial charge on any atom is 0.295 e. The predicted molar refractivity (Wildman–Crippen MR) is 115 cm³/mol. The molecule has 3 heterocycles. The third-order valence-corrected chi connectivity index (χ3v) is 5.96. The van der Waals surface area contributed by atoms with Gasteiger partial charge < -0.3 is 10.2 Å². The van der Waals surface area contributed by atoms with Gasteiger partial charge in [0, 0.05) is 31.2 Å². The van der Waals surface area contributed by atoms with E-state index in [9.17, 15) is 9.59 Å². The van der Waals surface area contributed by atoms with Crippen LogP contribution < -0.4 is 15.8 Å². The summed E-state index contributed by atoms with van der Waals surface area (Å²) in [4.78, 5) is 36.9. The quantitative estimate of drug-likeness (QED) is 0.707. The lowest BCUT2D eigenvalue weighted by Gasteiger charge is -2.32. The summed E-state index contributed by atoms with van der Waals surface area (Å²) in [7, 11) is 0. The van der Waals surface area contributed by atoms with Gasteiger partial charge in [-0.1, -0.05) is 30.3 Å². The van der Waals surface area contributed by atoms with Gasteiger partial charge in [0.1, 0.15) is 5.52 Å². The molecule has 0 bridgehead atoms. The van der Waals surface area contributed by atoms with Crippen LogP contribution in [-0.4, -0.2) is 39.6 Å². The Morgan fingerprint density at radius 1 is 1.03 bits per heavy atom. The van der Waals surface area contributed by atoms with Crippen LogP contribution >= 0.6 is 0 Å². The van der Waals surface area contributed by atoms with Gasteiger partial charge >= 0.3 is 0 Å². The minimum Gasteiger partial charge on any atom is -0.353 e. The molecule has 1 aliphatic carbocycles. The third kappa shape index (κ3) is 3.79. The van der Waals surface area contributed by atoms with Crippen LogP contribution in [0.25, 0.3) is 11.2 Å². The SMILES string of the molecule is O=C(NC1CC1)C1CCN(c2nc3cccnc3n(Cc3ccccc3)c2=O)CC1. The number of hydrogen-bond acceptors (Lipinski definition) is 5. The average molecular weight is 403 g/mol. The lowest BCUT2D eigenvalue weighted by Crippen LogP contribution is -2.43. The summed E-state index contributed by atoms with van der Waals surface area (Å²) in [6.45, 7) is 1.76. The number of nitrogens with zero attached hydrogens (tertiary/aromatic N) is 4. The van der Waals surface area contributed by atoms with E-state index in [1.54, 1.807) is 10.8 Å². The Bertz CT molecular complexity index is 1120. The summed E-state index contributed by atoms with van der Waals surface area (Å²) in [6, 6.07) is 14.0. The van der Waals surface area contributed by atoms with Crippen LogP contribution in [0.3, 0.4) is 0 Å². The molecular formula is C23H25N5O2. The minimum atomic E-state index is -0.133. The van der Waals surface area contributed by atoms with E-state index in [0.29, 0.717) is 42.7 Å². The zero-order valence-corrected chi connectivity index (χ0v) is 16.8. The van der Waals surface area contributed by atoms with Gasteiger partial charge in [-0.05, 0) is 43.4 Å². The molecule has 1 aromatic carbocycles. The average Bonchev–Trinajstić information content (AvgIpc) is 3.60. The van der Waals surface area contributed by atoms with Crippen LogP contribution in [-0.2, 0) is 11.3 Å². The number of hydrogen-bond donors (Lipinski definition) is 1. The number of carbonyl (C=O) groups excluding carboxylic acids is 1. The lowest BCUT2D eigenvalue weighted by molar-refractivity contribution is -0.125. The molecule has 2 fully saturated rings. The van der Waals surface area contributed by atoms with Crippen molar-refractivity contribution in [3.63, 3.8) is 0 Å². The normalized spacial score (nSPS) is 17.3. The number of aromatic nitrogens is 3. The highest BCUT2D eigenvalue weighted by molar-refractivity contribution is 5.79. The van der Waals surface area contributed by atoms with E-state index in [4.69, 9.17) is 0 Å². The molecule has 0 unspecified atom stereocenters. The van der Waals surface area contributed by atoms with Crippen LogP contribution in [0.4, 0.5) is 5.82 Å². The number of rotatable bonds is 5. The van der Waals surface area contributed by atoms with Crippen molar-refractivity contribution < 1.29 is 4.79 Å². The van der Waals surface area contributed by atoms with Crippen molar-refractivity contribution in [3.8, 4) is 0 Å². The molecule has 30 heavy (non-hydrogen) atoms. The lowest BCUT2D eigenvalue weighted by atomic mass is 9.96. The predicted octanol–water partition coefficient (Wildman–Crippen LogP) is 2.33. The van der Waals surface area contributed by atoms with Crippen LogP contribution in [0.5, 0.6) is 0 Å². The Hall–Kier alpha value is -3.22. The Balaban J connectivity index is 1.42. The van der Waals surface area contributed by atoms with Crippen LogP contribution in [0, 0.1) is 5.92 Å². The molecule has 0 radical (unpaired) electrons. The first-order chi connectivity index (χ1) is 14.7.